The summed E-state index contributed by atoms with van der Waals surface area (Å²) in [7, 11) is 0. The van der Waals surface area contributed by atoms with E-state index in [2.05, 4.69) is 26.7 Å². The minimum absolute atomic E-state index is 0.000646. The van der Waals surface area contributed by atoms with Crippen LogP contribution in [-0.4, -0.2) is 58.5 Å². The molecule has 13 heteroatoms. The van der Waals surface area contributed by atoms with Crippen molar-refractivity contribution in [1.82, 2.24) is 15.2 Å². The number of alkyl halides is 2. The van der Waals surface area contributed by atoms with Crippen molar-refractivity contribution in [2.24, 2.45) is 10.1 Å². The Kier molecular flexibility index (Phi) is 8.46. The molecular weight excluding hydrogens is 505 g/mol. The highest BCUT2D eigenvalue weighted by Gasteiger charge is 2.37. The van der Waals surface area contributed by atoms with E-state index in [4.69, 9.17) is 23.2 Å². The van der Waals surface area contributed by atoms with E-state index in [1.807, 2.05) is 0 Å². The molecule has 1 atom stereocenters. The fourth-order valence-corrected chi connectivity index (χ4v) is 3.60. The molecule has 1 heterocycles. The number of benzene rings is 2. The van der Waals surface area contributed by atoms with Crippen molar-refractivity contribution in [3.63, 3.8) is 0 Å². The third-order valence-corrected chi connectivity index (χ3v) is 5.48. The van der Waals surface area contributed by atoms with Crippen LogP contribution in [0.2, 0.25) is 10.0 Å². The lowest BCUT2D eigenvalue weighted by Gasteiger charge is -2.26. The van der Waals surface area contributed by atoms with Gasteiger partial charge in [-0.15, -0.1) is 6.58 Å². The van der Waals surface area contributed by atoms with Crippen LogP contribution in [0.1, 0.15) is 5.56 Å². The van der Waals surface area contributed by atoms with Gasteiger partial charge in [-0.2, -0.15) is 19.1 Å². The standard InChI is InChI=1S/C22H18Cl2F2N6O3/c1-2-8-31(22(33)34)18-11-32(30-19(18)13-6-7-16(23)17(24)9-13)21(28-12-27)29-14-4-3-5-15(10-14)35-20(25)26/h2-7,9-10,18,20H,1,8,11H2,(H,28,29)(H,33,34). The molecule has 0 fully saturated rings. The van der Waals surface area contributed by atoms with Crippen LogP contribution in [0.15, 0.2) is 65.2 Å². The average molecular weight is 523 g/mol. The largest absolute Gasteiger partial charge is 0.465 e. The van der Waals surface area contributed by atoms with Gasteiger partial charge >= 0.3 is 12.7 Å². The number of nitriles is 1. The van der Waals surface area contributed by atoms with Crippen LogP contribution in [0, 0.1) is 11.5 Å². The number of guanidine groups is 1. The third kappa shape index (κ3) is 6.38. The number of nitrogens with zero attached hydrogens (tertiary/aromatic N) is 5. The van der Waals surface area contributed by atoms with Gasteiger partial charge in [-0.05, 0) is 24.3 Å². The lowest BCUT2D eigenvalue weighted by Crippen LogP contribution is -2.47. The molecule has 1 amide bonds. The number of aliphatic imine (C=N–C) groups is 1. The molecule has 0 saturated carbocycles. The van der Waals surface area contributed by atoms with E-state index in [0.717, 1.165) is 4.90 Å². The summed E-state index contributed by atoms with van der Waals surface area (Å²) in [5.74, 6) is -0.189. The number of hydrogen-bond donors (Lipinski definition) is 2. The fraction of sp³-hybridized carbons (Fsp3) is 0.182. The van der Waals surface area contributed by atoms with E-state index in [-0.39, 0.29) is 35.5 Å². The molecule has 0 spiro atoms. The second-order valence-corrected chi connectivity index (χ2v) is 7.80. The van der Waals surface area contributed by atoms with Crippen LogP contribution < -0.4 is 10.1 Å². The number of amides is 1. The predicted molar refractivity (Wildman–Crippen MR) is 127 cm³/mol. The summed E-state index contributed by atoms with van der Waals surface area (Å²) in [6.45, 7) is 0.568. The Bertz CT molecular complexity index is 1220. The Morgan fingerprint density at radius 2 is 2.17 bits per heavy atom. The molecule has 1 aliphatic heterocycles. The Hall–Kier alpha value is -3.88. The summed E-state index contributed by atoms with van der Waals surface area (Å²) in [6.07, 6.45) is 1.96. The first-order valence-corrected chi connectivity index (χ1v) is 10.7. The Labute approximate surface area is 209 Å². The summed E-state index contributed by atoms with van der Waals surface area (Å²) in [5, 5.41) is 27.8. The van der Waals surface area contributed by atoms with Crippen LogP contribution >= 0.6 is 23.2 Å². The number of halogens is 4. The minimum atomic E-state index is -3.02. The van der Waals surface area contributed by atoms with Gasteiger partial charge in [0, 0.05) is 18.2 Å². The quantitative estimate of drug-likeness (QED) is 0.175. The van der Waals surface area contributed by atoms with Crippen molar-refractivity contribution in [2.75, 3.05) is 13.1 Å². The molecule has 1 unspecified atom stereocenters. The molecule has 9 nitrogen and oxygen atoms in total. The van der Waals surface area contributed by atoms with Crippen LogP contribution in [0.25, 0.3) is 0 Å². The molecule has 182 valence electrons. The molecule has 2 N–H and O–H groups in total. The van der Waals surface area contributed by atoms with E-state index >= 15 is 0 Å². The SMILES string of the molecule is C=CCN(C(=O)O)C1CN(C(=Nc2cccc(OC(F)F)c2)NC#N)N=C1c1ccc(Cl)c(Cl)c1. The van der Waals surface area contributed by atoms with Gasteiger partial charge < -0.3 is 9.84 Å². The molecule has 2 aromatic carbocycles. The molecule has 0 aliphatic carbocycles. The minimum Gasteiger partial charge on any atom is -0.465 e. The lowest BCUT2D eigenvalue weighted by atomic mass is 10.0. The second kappa shape index (κ2) is 11.5. The van der Waals surface area contributed by atoms with Gasteiger partial charge in [0.15, 0.2) is 6.19 Å². The maximum Gasteiger partial charge on any atom is 0.408 e. The Morgan fingerprint density at radius 3 is 2.80 bits per heavy atom. The Morgan fingerprint density at radius 1 is 1.40 bits per heavy atom. The average Bonchev–Trinajstić information content (AvgIpc) is 3.23. The molecule has 35 heavy (non-hydrogen) atoms. The van der Waals surface area contributed by atoms with Gasteiger partial charge in [0.25, 0.3) is 0 Å². The van der Waals surface area contributed by atoms with Crippen molar-refractivity contribution in [2.45, 2.75) is 12.7 Å². The zero-order valence-corrected chi connectivity index (χ0v) is 19.4. The molecular formula is C22H18Cl2F2N6O3. The molecule has 0 radical (unpaired) electrons. The number of hydrogen-bond acceptors (Lipinski definition) is 5. The number of nitrogens with one attached hydrogen (secondary N) is 1. The second-order valence-electron chi connectivity index (χ2n) is 6.98. The zero-order valence-electron chi connectivity index (χ0n) is 17.9. The predicted octanol–water partition coefficient (Wildman–Crippen LogP) is 4.91. The van der Waals surface area contributed by atoms with E-state index in [1.54, 1.807) is 24.4 Å². The number of carbonyl (C=O) groups is 1. The number of carboxylic acid groups (broad SMARTS) is 1. The van der Waals surface area contributed by atoms with Crippen LogP contribution in [-0.2, 0) is 0 Å². The van der Waals surface area contributed by atoms with Crippen LogP contribution in [0.5, 0.6) is 5.75 Å². The zero-order chi connectivity index (χ0) is 25.5. The van der Waals surface area contributed by atoms with Crippen LogP contribution in [0.3, 0.4) is 0 Å². The monoisotopic (exact) mass is 522 g/mol. The topological polar surface area (TPSA) is 114 Å². The van der Waals surface area contributed by atoms with Gasteiger partial charge in [0.05, 0.1) is 34.0 Å². The van der Waals surface area contributed by atoms with Crippen molar-refractivity contribution in [1.29, 1.82) is 5.26 Å². The number of hydrazone groups is 1. The van der Waals surface area contributed by atoms with Gasteiger partial charge in [-0.3, -0.25) is 10.2 Å². The maximum absolute atomic E-state index is 12.6. The fourth-order valence-electron chi connectivity index (χ4n) is 3.30. The number of ether oxygens (including phenoxy) is 1. The highest BCUT2D eigenvalue weighted by Crippen LogP contribution is 2.27. The molecule has 0 saturated heterocycles. The lowest BCUT2D eigenvalue weighted by molar-refractivity contribution is -0.0498. The normalized spacial score (nSPS) is 15.4. The molecule has 0 bridgehead atoms. The summed E-state index contributed by atoms with van der Waals surface area (Å²) in [5.41, 5.74) is 1.03. The molecule has 1 aliphatic rings. The summed E-state index contributed by atoms with van der Waals surface area (Å²) in [6, 6.07) is 9.49. The molecule has 3 rings (SSSR count). The summed E-state index contributed by atoms with van der Waals surface area (Å²) >= 11 is 12.2. The smallest absolute Gasteiger partial charge is 0.408 e. The van der Waals surface area contributed by atoms with E-state index < -0.39 is 18.7 Å². The van der Waals surface area contributed by atoms with Gasteiger partial charge in [-0.1, -0.05) is 41.4 Å². The first-order valence-electron chi connectivity index (χ1n) is 9.94. The summed E-state index contributed by atoms with van der Waals surface area (Å²) in [4.78, 5) is 17.4. The highest BCUT2D eigenvalue weighted by atomic mass is 35.5. The van der Waals surface area contributed by atoms with Crippen LogP contribution in [0.4, 0.5) is 19.3 Å². The van der Waals surface area contributed by atoms with E-state index in [9.17, 15) is 23.9 Å². The van der Waals surface area contributed by atoms with Crippen molar-refractivity contribution >= 4 is 46.7 Å². The van der Waals surface area contributed by atoms with E-state index in [1.165, 1.54) is 35.4 Å². The van der Waals surface area contributed by atoms with Crippen molar-refractivity contribution in [3.8, 4) is 11.9 Å². The van der Waals surface area contributed by atoms with Gasteiger partial charge in [0.2, 0.25) is 5.96 Å². The van der Waals surface area contributed by atoms with Crippen molar-refractivity contribution < 1.29 is 23.4 Å². The first-order chi connectivity index (χ1) is 16.7. The van der Waals surface area contributed by atoms with E-state index in [0.29, 0.717) is 16.3 Å². The molecule has 2 aromatic rings. The third-order valence-electron chi connectivity index (χ3n) is 4.74. The van der Waals surface area contributed by atoms with Gasteiger partial charge in [0.1, 0.15) is 5.75 Å². The Balaban J connectivity index is 2.05. The maximum atomic E-state index is 12.6. The van der Waals surface area contributed by atoms with Gasteiger partial charge in [-0.25, -0.2) is 14.8 Å². The molecule has 0 aromatic heterocycles. The summed E-state index contributed by atoms with van der Waals surface area (Å²) < 4.78 is 29.5. The highest BCUT2D eigenvalue weighted by molar-refractivity contribution is 6.42. The first kappa shape index (κ1) is 25.7. The van der Waals surface area contributed by atoms with Crippen molar-refractivity contribution in [3.05, 3.63) is 70.7 Å². The number of rotatable bonds is 7.